The van der Waals surface area contributed by atoms with Crippen molar-refractivity contribution in [2.24, 2.45) is 0 Å². The Bertz CT molecular complexity index is 617. The number of rotatable bonds is 2. The van der Waals surface area contributed by atoms with E-state index in [1.165, 1.54) is 0 Å². The molecule has 0 radical (unpaired) electrons. The minimum Gasteiger partial charge on any atom is -0.480 e. The number of aromatic nitrogens is 2. The van der Waals surface area contributed by atoms with Crippen LogP contribution in [0.3, 0.4) is 0 Å². The van der Waals surface area contributed by atoms with Crippen LogP contribution in [0, 0.1) is 11.6 Å². The van der Waals surface area contributed by atoms with E-state index in [1.54, 1.807) is 4.90 Å². The van der Waals surface area contributed by atoms with Gasteiger partial charge in [-0.1, -0.05) is 0 Å². The van der Waals surface area contributed by atoms with E-state index < -0.39 is 23.6 Å². The molecule has 0 aliphatic carbocycles. The molecular formula is C12H11F2N3O2. The number of carbonyl (C=O) groups is 1. The van der Waals surface area contributed by atoms with Crippen molar-refractivity contribution in [1.29, 1.82) is 0 Å². The number of aromatic amines is 1. The number of imidazole rings is 1. The van der Waals surface area contributed by atoms with Gasteiger partial charge in [0.1, 0.15) is 6.04 Å². The van der Waals surface area contributed by atoms with Crippen LogP contribution in [0.25, 0.3) is 11.0 Å². The van der Waals surface area contributed by atoms with Crippen LogP contribution in [0.4, 0.5) is 14.7 Å². The van der Waals surface area contributed by atoms with Gasteiger partial charge in [0.25, 0.3) is 0 Å². The molecule has 2 N–H and O–H groups in total. The third kappa shape index (κ3) is 1.91. The van der Waals surface area contributed by atoms with Crippen molar-refractivity contribution in [3.8, 4) is 0 Å². The Balaban J connectivity index is 2.03. The number of hydrogen-bond donors (Lipinski definition) is 2. The molecule has 0 bridgehead atoms. The van der Waals surface area contributed by atoms with Crippen LogP contribution in [-0.2, 0) is 4.79 Å². The van der Waals surface area contributed by atoms with Gasteiger partial charge in [-0.25, -0.2) is 18.6 Å². The highest BCUT2D eigenvalue weighted by atomic mass is 19.2. The first-order valence-corrected chi connectivity index (χ1v) is 5.90. The van der Waals surface area contributed by atoms with Gasteiger partial charge in [0, 0.05) is 18.7 Å². The summed E-state index contributed by atoms with van der Waals surface area (Å²) in [5, 5.41) is 9.10. The van der Waals surface area contributed by atoms with Crippen molar-refractivity contribution >= 4 is 23.0 Å². The highest BCUT2D eigenvalue weighted by molar-refractivity contribution is 5.81. The molecule has 2 aromatic rings. The molecule has 2 heterocycles. The van der Waals surface area contributed by atoms with E-state index in [0.717, 1.165) is 18.6 Å². The average Bonchev–Trinajstić information content (AvgIpc) is 2.95. The maximum atomic E-state index is 13.1. The first kappa shape index (κ1) is 11.9. The van der Waals surface area contributed by atoms with Crippen LogP contribution in [-0.4, -0.2) is 33.6 Å². The zero-order valence-electron chi connectivity index (χ0n) is 9.86. The SMILES string of the molecule is O=C(O)C1CCCN1c1nc2cc(F)c(F)cc2[nH]1. The normalized spacial score (nSPS) is 19.3. The molecule has 0 spiro atoms. The lowest BCUT2D eigenvalue weighted by molar-refractivity contribution is -0.138. The fourth-order valence-corrected chi connectivity index (χ4v) is 2.40. The maximum absolute atomic E-state index is 13.1. The number of carboxylic acids is 1. The van der Waals surface area contributed by atoms with Crippen molar-refractivity contribution in [2.45, 2.75) is 18.9 Å². The van der Waals surface area contributed by atoms with Crippen LogP contribution in [0.15, 0.2) is 12.1 Å². The summed E-state index contributed by atoms with van der Waals surface area (Å²) in [6, 6.07) is 1.37. The Morgan fingerprint density at radius 1 is 1.42 bits per heavy atom. The van der Waals surface area contributed by atoms with Crippen molar-refractivity contribution in [1.82, 2.24) is 9.97 Å². The van der Waals surface area contributed by atoms with Crippen LogP contribution in [0.1, 0.15) is 12.8 Å². The maximum Gasteiger partial charge on any atom is 0.326 e. The number of nitrogens with zero attached hydrogens (tertiary/aromatic N) is 2. The molecule has 0 saturated carbocycles. The average molecular weight is 267 g/mol. The molecule has 100 valence electrons. The van der Waals surface area contributed by atoms with E-state index in [9.17, 15) is 13.6 Å². The lowest BCUT2D eigenvalue weighted by Crippen LogP contribution is -2.36. The third-order valence-corrected chi connectivity index (χ3v) is 3.32. The lowest BCUT2D eigenvalue weighted by atomic mass is 10.2. The number of nitrogens with one attached hydrogen (secondary N) is 1. The van der Waals surface area contributed by atoms with Crippen molar-refractivity contribution < 1.29 is 18.7 Å². The summed E-state index contributed by atoms with van der Waals surface area (Å²) in [4.78, 5) is 19.7. The fraction of sp³-hybridized carbons (Fsp3) is 0.333. The molecule has 0 amide bonds. The van der Waals surface area contributed by atoms with Crippen LogP contribution in [0.5, 0.6) is 0 Å². The molecular weight excluding hydrogens is 256 g/mol. The molecule has 1 fully saturated rings. The van der Waals surface area contributed by atoms with Gasteiger partial charge >= 0.3 is 5.97 Å². The monoisotopic (exact) mass is 267 g/mol. The van der Waals surface area contributed by atoms with Gasteiger partial charge in [-0.2, -0.15) is 0 Å². The van der Waals surface area contributed by atoms with Crippen LogP contribution >= 0.6 is 0 Å². The molecule has 1 atom stereocenters. The smallest absolute Gasteiger partial charge is 0.326 e. The van der Waals surface area contributed by atoms with E-state index >= 15 is 0 Å². The van der Waals surface area contributed by atoms with Gasteiger partial charge in [0.05, 0.1) is 11.0 Å². The molecule has 1 aliphatic rings. The summed E-state index contributed by atoms with van der Waals surface area (Å²) < 4.78 is 26.2. The van der Waals surface area contributed by atoms with Gasteiger partial charge in [0.2, 0.25) is 5.95 Å². The largest absolute Gasteiger partial charge is 0.480 e. The Morgan fingerprint density at radius 2 is 2.16 bits per heavy atom. The first-order chi connectivity index (χ1) is 9.06. The minimum absolute atomic E-state index is 0.282. The summed E-state index contributed by atoms with van der Waals surface area (Å²) >= 11 is 0. The third-order valence-electron chi connectivity index (χ3n) is 3.32. The highest BCUT2D eigenvalue weighted by Crippen LogP contribution is 2.26. The molecule has 3 rings (SSSR count). The van der Waals surface area contributed by atoms with E-state index in [2.05, 4.69) is 9.97 Å². The Labute approximate surface area is 106 Å². The second-order valence-electron chi connectivity index (χ2n) is 4.53. The van der Waals surface area contributed by atoms with E-state index in [0.29, 0.717) is 24.4 Å². The number of halogens is 2. The van der Waals surface area contributed by atoms with Crippen LogP contribution in [0.2, 0.25) is 0 Å². The molecule has 1 aromatic heterocycles. The lowest BCUT2D eigenvalue weighted by Gasteiger charge is -2.19. The van der Waals surface area contributed by atoms with Gasteiger partial charge in [0.15, 0.2) is 11.6 Å². The predicted octanol–water partition coefficient (Wildman–Crippen LogP) is 1.89. The van der Waals surface area contributed by atoms with Crippen molar-refractivity contribution in [3.63, 3.8) is 0 Å². The Kier molecular flexibility index (Phi) is 2.62. The molecule has 1 aromatic carbocycles. The molecule has 19 heavy (non-hydrogen) atoms. The predicted molar refractivity (Wildman–Crippen MR) is 64.0 cm³/mol. The molecule has 1 unspecified atom stereocenters. The second-order valence-corrected chi connectivity index (χ2v) is 4.53. The molecule has 5 nitrogen and oxygen atoms in total. The van der Waals surface area contributed by atoms with Gasteiger partial charge in [-0.05, 0) is 12.8 Å². The van der Waals surface area contributed by atoms with Crippen LogP contribution < -0.4 is 4.90 Å². The van der Waals surface area contributed by atoms with E-state index in [4.69, 9.17) is 5.11 Å². The molecule has 1 saturated heterocycles. The van der Waals surface area contributed by atoms with Gasteiger partial charge in [-0.15, -0.1) is 0 Å². The van der Waals surface area contributed by atoms with E-state index in [1.807, 2.05) is 0 Å². The number of fused-ring (bicyclic) bond motifs is 1. The Morgan fingerprint density at radius 3 is 2.89 bits per heavy atom. The summed E-state index contributed by atoms with van der Waals surface area (Å²) in [6.45, 7) is 0.557. The number of H-pyrrole nitrogens is 1. The summed E-state index contributed by atoms with van der Waals surface area (Å²) in [5.41, 5.74) is 0.634. The van der Waals surface area contributed by atoms with Gasteiger partial charge < -0.3 is 15.0 Å². The minimum atomic E-state index is -0.971. The zero-order chi connectivity index (χ0) is 13.6. The van der Waals surface area contributed by atoms with Crippen molar-refractivity contribution in [3.05, 3.63) is 23.8 Å². The number of anilines is 1. The summed E-state index contributed by atoms with van der Waals surface area (Å²) in [7, 11) is 0. The summed E-state index contributed by atoms with van der Waals surface area (Å²) in [6.07, 6.45) is 1.28. The van der Waals surface area contributed by atoms with Gasteiger partial charge in [-0.3, -0.25) is 0 Å². The summed E-state index contributed by atoms with van der Waals surface area (Å²) in [5.74, 6) is -2.51. The number of benzene rings is 1. The number of aliphatic carboxylic acids is 1. The quantitative estimate of drug-likeness (QED) is 0.871. The molecule has 1 aliphatic heterocycles. The Hall–Kier alpha value is -2.18. The topological polar surface area (TPSA) is 69.2 Å². The fourth-order valence-electron chi connectivity index (χ4n) is 2.40. The molecule has 7 heteroatoms. The van der Waals surface area contributed by atoms with Crippen molar-refractivity contribution in [2.75, 3.05) is 11.4 Å². The second kappa shape index (κ2) is 4.18. The zero-order valence-corrected chi connectivity index (χ0v) is 9.86. The standard InChI is InChI=1S/C12H11F2N3O2/c13-6-4-8-9(5-7(6)14)16-12(15-8)17-3-1-2-10(17)11(18)19/h4-5,10H,1-3H2,(H,15,16)(H,18,19). The highest BCUT2D eigenvalue weighted by Gasteiger charge is 2.32. The first-order valence-electron chi connectivity index (χ1n) is 5.90. The number of carboxylic acid groups (broad SMARTS) is 1. The number of hydrogen-bond acceptors (Lipinski definition) is 3. The van der Waals surface area contributed by atoms with E-state index in [-0.39, 0.29) is 5.52 Å².